The first-order valence-electron chi connectivity index (χ1n) is 7.54. The molecule has 0 unspecified atom stereocenters. The van der Waals surface area contributed by atoms with Gasteiger partial charge in [0, 0.05) is 33.5 Å². The molecule has 2 aromatic carbocycles. The number of anilines is 1. The molecule has 3 rings (SSSR count). The van der Waals surface area contributed by atoms with Crippen molar-refractivity contribution in [2.45, 2.75) is 13.8 Å². The molecular weight excluding hydrogens is 356 g/mol. The van der Waals surface area contributed by atoms with E-state index >= 15 is 0 Å². The third kappa shape index (κ3) is 3.12. The van der Waals surface area contributed by atoms with Crippen LogP contribution in [0.2, 0.25) is 0 Å². The van der Waals surface area contributed by atoms with Crippen molar-refractivity contribution in [1.29, 1.82) is 0 Å². The molecule has 0 bridgehead atoms. The molecule has 0 saturated heterocycles. The highest BCUT2D eigenvalue weighted by atomic mass is 79.9. The smallest absolute Gasteiger partial charge is 0.223 e. The van der Waals surface area contributed by atoms with Gasteiger partial charge in [0.1, 0.15) is 11.0 Å². The topological polar surface area (TPSA) is 54.0 Å². The van der Waals surface area contributed by atoms with E-state index in [1.165, 1.54) is 0 Å². The normalized spacial score (nSPS) is 14.7. The number of rotatable bonds is 4. The second-order valence-electron chi connectivity index (χ2n) is 5.14. The van der Waals surface area contributed by atoms with Crippen LogP contribution in [-0.4, -0.2) is 17.9 Å². The third-order valence-electron chi connectivity index (χ3n) is 3.76. The molecule has 0 aromatic heterocycles. The molecule has 0 saturated carbocycles. The van der Waals surface area contributed by atoms with Gasteiger partial charge in [-0.2, -0.15) is 0 Å². The summed E-state index contributed by atoms with van der Waals surface area (Å²) < 4.78 is 0.852. The zero-order valence-electron chi connectivity index (χ0n) is 13.0. The number of benzene rings is 2. The molecule has 0 N–H and O–H groups in total. The molecule has 5 nitrogen and oxygen atoms in total. The summed E-state index contributed by atoms with van der Waals surface area (Å²) in [4.78, 5) is 3.41. The van der Waals surface area contributed by atoms with Crippen molar-refractivity contribution in [2.24, 2.45) is 10.2 Å². The molecule has 6 heteroatoms. The molecular formula is C17H17BrN4O. The lowest BCUT2D eigenvalue weighted by Gasteiger charge is -2.20. The zero-order valence-corrected chi connectivity index (χ0v) is 14.6. The Morgan fingerprint density at radius 3 is 2.48 bits per heavy atom. The number of hydrogen-bond donors (Lipinski definition) is 0. The van der Waals surface area contributed by atoms with Gasteiger partial charge >= 0.3 is 0 Å². The molecule has 23 heavy (non-hydrogen) atoms. The lowest BCUT2D eigenvalue weighted by Crippen LogP contribution is -2.27. The van der Waals surface area contributed by atoms with E-state index in [4.69, 9.17) is 0 Å². The predicted octanol–water partition coefficient (Wildman–Crippen LogP) is 2.07. The Bertz CT molecular complexity index is 870. The maximum absolute atomic E-state index is 12.3. The molecule has 0 fully saturated rings. The largest absolute Gasteiger partial charge is 0.819 e. The van der Waals surface area contributed by atoms with Gasteiger partial charge in [-0.15, -0.1) is 0 Å². The highest BCUT2D eigenvalue weighted by Gasteiger charge is 2.16. The maximum atomic E-state index is 12.3. The first-order chi connectivity index (χ1) is 11.1. The van der Waals surface area contributed by atoms with Crippen molar-refractivity contribution in [2.75, 3.05) is 18.0 Å². The van der Waals surface area contributed by atoms with Gasteiger partial charge in [-0.3, -0.25) is 0 Å². The predicted molar refractivity (Wildman–Crippen MR) is 90.7 cm³/mol. The molecule has 118 valence electrons. The average molecular weight is 373 g/mol. The lowest BCUT2D eigenvalue weighted by atomic mass is 10.2. The van der Waals surface area contributed by atoms with E-state index in [1.807, 2.05) is 30.3 Å². The number of nitrogens with zero attached hydrogens (tertiary/aromatic N) is 4. The monoisotopic (exact) mass is 372 g/mol. The summed E-state index contributed by atoms with van der Waals surface area (Å²) in [5.74, 6) is -0.214. The van der Waals surface area contributed by atoms with Crippen LogP contribution in [0.15, 0.2) is 57.2 Å². The van der Waals surface area contributed by atoms with Gasteiger partial charge in [-0.05, 0) is 56.3 Å². The van der Waals surface area contributed by atoms with Crippen LogP contribution in [0.25, 0.3) is 5.88 Å². The Labute approximate surface area is 143 Å². The van der Waals surface area contributed by atoms with Gasteiger partial charge in [0.25, 0.3) is 0 Å². The SMILES string of the molecule is CCN(CC)c1ccc(N=[N+]2N=c3ccc(Br)cc3=C2[O-])cc1. The molecule has 0 amide bonds. The van der Waals surface area contributed by atoms with E-state index in [9.17, 15) is 5.11 Å². The van der Waals surface area contributed by atoms with Crippen LogP contribution < -0.4 is 20.6 Å². The molecule has 1 aliphatic rings. The van der Waals surface area contributed by atoms with Gasteiger partial charge < -0.3 is 10.0 Å². The van der Waals surface area contributed by atoms with Crippen molar-refractivity contribution in [3.8, 4) is 0 Å². The number of halogens is 1. The minimum atomic E-state index is -0.214. The number of azo groups is 1. The van der Waals surface area contributed by atoms with Crippen molar-refractivity contribution < 1.29 is 9.91 Å². The summed E-state index contributed by atoms with van der Waals surface area (Å²) in [5, 5.41) is 22.1. The number of fused-ring (bicyclic) bond motifs is 1. The molecule has 0 atom stereocenters. The van der Waals surface area contributed by atoms with Crippen molar-refractivity contribution in [3.05, 3.63) is 57.5 Å². The molecule has 1 heterocycles. The Hall–Kier alpha value is -2.21. The fourth-order valence-electron chi connectivity index (χ4n) is 2.52. The first-order valence-corrected chi connectivity index (χ1v) is 8.34. The van der Waals surface area contributed by atoms with Crippen LogP contribution >= 0.6 is 15.9 Å². The molecule has 0 spiro atoms. The van der Waals surface area contributed by atoms with E-state index in [-0.39, 0.29) is 5.88 Å². The standard InChI is InChI=1S/C17H17BrN4O/c1-3-21(4-2)14-8-6-13(7-9-14)19-22-17(23)15-11-12(18)5-10-16(15)20-22/h5-11H,3-4H2,1-2H3. The van der Waals surface area contributed by atoms with Crippen LogP contribution in [0.3, 0.4) is 0 Å². The van der Waals surface area contributed by atoms with Crippen molar-refractivity contribution >= 4 is 33.2 Å². The summed E-state index contributed by atoms with van der Waals surface area (Å²) >= 11 is 3.37. The molecule has 0 radical (unpaired) electrons. The van der Waals surface area contributed by atoms with Crippen LogP contribution in [0.1, 0.15) is 13.8 Å². The first kappa shape index (κ1) is 15.7. The summed E-state index contributed by atoms with van der Waals surface area (Å²) in [6.45, 7) is 6.16. The van der Waals surface area contributed by atoms with E-state index in [0.717, 1.165) is 28.1 Å². The van der Waals surface area contributed by atoms with Gasteiger partial charge in [0.2, 0.25) is 5.88 Å². The van der Waals surface area contributed by atoms with Gasteiger partial charge in [-0.1, -0.05) is 15.9 Å². The minimum Gasteiger partial charge on any atom is -0.819 e. The molecule has 0 aliphatic carbocycles. The van der Waals surface area contributed by atoms with Gasteiger partial charge in [0.15, 0.2) is 0 Å². The maximum Gasteiger partial charge on any atom is 0.223 e. The minimum absolute atomic E-state index is 0.214. The second kappa shape index (κ2) is 6.50. The van der Waals surface area contributed by atoms with Crippen LogP contribution in [0, 0.1) is 0 Å². The van der Waals surface area contributed by atoms with Gasteiger partial charge in [-0.25, -0.2) is 0 Å². The van der Waals surface area contributed by atoms with Crippen molar-refractivity contribution in [3.63, 3.8) is 0 Å². The quantitative estimate of drug-likeness (QED) is 0.771. The highest BCUT2D eigenvalue weighted by molar-refractivity contribution is 9.10. The summed E-state index contributed by atoms with van der Waals surface area (Å²) in [5.41, 5.74) is 1.84. The van der Waals surface area contributed by atoms with Crippen LogP contribution in [0.4, 0.5) is 11.4 Å². The highest BCUT2D eigenvalue weighted by Crippen LogP contribution is 2.20. The third-order valence-corrected chi connectivity index (χ3v) is 4.25. The van der Waals surface area contributed by atoms with Gasteiger partial charge in [0.05, 0.1) is 10.0 Å². The summed E-state index contributed by atoms with van der Waals surface area (Å²) in [7, 11) is 0. The summed E-state index contributed by atoms with van der Waals surface area (Å²) in [6.07, 6.45) is 0. The van der Waals surface area contributed by atoms with Crippen molar-refractivity contribution in [1.82, 2.24) is 0 Å². The van der Waals surface area contributed by atoms with E-state index < -0.39 is 0 Å². The Kier molecular flexibility index (Phi) is 4.43. The zero-order chi connectivity index (χ0) is 16.4. The lowest BCUT2D eigenvalue weighted by molar-refractivity contribution is -0.588. The van der Waals surface area contributed by atoms with E-state index in [1.54, 1.807) is 12.1 Å². The second-order valence-corrected chi connectivity index (χ2v) is 6.06. The Morgan fingerprint density at radius 1 is 1.13 bits per heavy atom. The average Bonchev–Trinajstić information content (AvgIpc) is 2.86. The fraction of sp³-hybridized carbons (Fsp3) is 0.235. The number of hydrogen-bond acceptors (Lipinski definition) is 3. The van der Waals surface area contributed by atoms with Crippen LogP contribution in [-0.2, 0) is 0 Å². The van der Waals surface area contributed by atoms with E-state index in [0.29, 0.717) is 16.3 Å². The van der Waals surface area contributed by atoms with Crippen LogP contribution in [0.5, 0.6) is 0 Å². The Balaban J connectivity index is 1.94. The van der Waals surface area contributed by atoms with E-state index in [2.05, 4.69) is 44.9 Å². The summed E-state index contributed by atoms with van der Waals surface area (Å²) in [6, 6.07) is 13.2. The Morgan fingerprint density at radius 2 is 1.83 bits per heavy atom. The fourth-order valence-corrected chi connectivity index (χ4v) is 2.88. The molecule has 2 aromatic rings. The molecule has 1 aliphatic heterocycles.